The quantitative estimate of drug-likeness (QED) is 0.265. The molecule has 12 heteroatoms. The molecule has 3 heterocycles. The van der Waals surface area contributed by atoms with Crippen molar-refractivity contribution in [2.24, 2.45) is 0 Å². The third kappa shape index (κ3) is 7.12. The van der Waals surface area contributed by atoms with Gasteiger partial charge in [-0.3, -0.25) is 0 Å². The zero-order valence-electron chi connectivity index (χ0n) is 22.9. The largest absolute Gasteiger partial charge is 0.450 e. The molecule has 218 valence electrons. The number of hydrogen-bond donors (Lipinski definition) is 2. The van der Waals surface area contributed by atoms with Crippen molar-refractivity contribution in [1.29, 1.82) is 0 Å². The number of piperidine rings is 1. The molecule has 5 rings (SSSR count). The number of carbonyl (C=O) groups is 1. The number of alkyl halides is 3. The lowest BCUT2D eigenvalue weighted by Crippen LogP contribution is -2.45. The summed E-state index contributed by atoms with van der Waals surface area (Å²) in [4.78, 5) is 22.8. The molecule has 0 unspecified atom stereocenters. The lowest BCUT2D eigenvalue weighted by atomic mass is 10.0. The molecule has 2 aromatic carbocycles. The molecule has 0 spiro atoms. The van der Waals surface area contributed by atoms with E-state index in [1.807, 2.05) is 35.2 Å². The van der Waals surface area contributed by atoms with E-state index in [9.17, 15) is 18.0 Å². The van der Waals surface area contributed by atoms with E-state index in [1.54, 1.807) is 31.3 Å². The van der Waals surface area contributed by atoms with Crippen LogP contribution in [0.15, 0.2) is 72.9 Å². The molecule has 1 amide bonds. The Hall–Kier alpha value is -4.74. The van der Waals surface area contributed by atoms with Crippen molar-refractivity contribution in [1.82, 2.24) is 25.5 Å². The molecule has 2 N–H and O–H groups in total. The zero-order valence-corrected chi connectivity index (χ0v) is 22.9. The van der Waals surface area contributed by atoms with Gasteiger partial charge in [-0.05, 0) is 49.6 Å². The number of benzene rings is 2. The van der Waals surface area contributed by atoms with Crippen LogP contribution in [0.2, 0.25) is 0 Å². The summed E-state index contributed by atoms with van der Waals surface area (Å²) < 4.78 is 45.6. The molecule has 1 aliphatic heterocycles. The molecule has 0 saturated carbocycles. The van der Waals surface area contributed by atoms with Gasteiger partial charge in [0.1, 0.15) is 5.69 Å². The van der Waals surface area contributed by atoms with Crippen LogP contribution in [0.4, 0.5) is 29.7 Å². The first kappa shape index (κ1) is 28.8. The maximum atomic E-state index is 13.5. The van der Waals surface area contributed by atoms with Gasteiger partial charge in [0.2, 0.25) is 5.95 Å². The van der Waals surface area contributed by atoms with Crippen LogP contribution in [0.3, 0.4) is 0 Å². The van der Waals surface area contributed by atoms with E-state index >= 15 is 0 Å². The molecule has 0 radical (unpaired) electrons. The van der Waals surface area contributed by atoms with Gasteiger partial charge in [0, 0.05) is 43.0 Å². The molecule has 4 aromatic rings. The third-order valence-corrected chi connectivity index (χ3v) is 6.89. The van der Waals surface area contributed by atoms with Gasteiger partial charge in [-0.2, -0.15) is 13.2 Å². The predicted molar refractivity (Wildman–Crippen MR) is 153 cm³/mol. The average Bonchev–Trinajstić information content (AvgIpc) is 3.00. The first-order valence-electron chi connectivity index (χ1n) is 13.6. The number of alkyl carbamates (subject to hydrolysis) is 1. The van der Waals surface area contributed by atoms with Crippen molar-refractivity contribution in [3.8, 4) is 22.5 Å². The number of halogens is 3. The molecule has 1 aliphatic rings. The number of aromatic nitrogens is 4. The summed E-state index contributed by atoms with van der Waals surface area (Å²) in [6.45, 7) is 3.75. The smallest absolute Gasteiger partial charge is 0.416 e. The van der Waals surface area contributed by atoms with Crippen LogP contribution < -0.4 is 15.5 Å². The molecular weight excluding hydrogens is 547 g/mol. The van der Waals surface area contributed by atoms with Gasteiger partial charge in [0.15, 0.2) is 5.82 Å². The Morgan fingerprint density at radius 1 is 1.02 bits per heavy atom. The molecule has 9 nitrogen and oxygen atoms in total. The summed E-state index contributed by atoms with van der Waals surface area (Å²) in [5, 5.41) is 14.9. The molecule has 0 bridgehead atoms. The third-order valence-electron chi connectivity index (χ3n) is 6.89. The standard InChI is InChI=1S/C30H30F3N7O2/c1-2-42-29(41)36-23-12-15-40(16-13-23)26-18-24(27(39-38-26)21-9-6-10-22(17-21)30(31,32)33)25-11-14-34-28(37-25)35-19-20-7-4-3-5-8-20/h3-11,14,17-18,23H,2,12-13,15-16,19H2,1H3,(H,36,41)(H,34,35,37). The summed E-state index contributed by atoms with van der Waals surface area (Å²) >= 11 is 0. The zero-order chi connectivity index (χ0) is 29.5. The van der Waals surface area contributed by atoms with Crippen molar-refractivity contribution in [3.63, 3.8) is 0 Å². The van der Waals surface area contributed by atoms with Crippen LogP contribution in [-0.4, -0.2) is 52.0 Å². The highest BCUT2D eigenvalue weighted by molar-refractivity contribution is 5.81. The van der Waals surface area contributed by atoms with Crippen LogP contribution in [0.1, 0.15) is 30.9 Å². The van der Waals surface area contributed by atoms with E-state index < -0.39 is 17.8 Å². The van der Waals surface area contributed by atoms with Crippen LogP contribution in [0.5, 0.6) is 0 Å². The Labute approximate surface area is 241 Å². The fourth-order valence-electron chi connectivity index (χ4n) is 4.75. The molecule has 1 fully saturated rings. The monoisotopic (exact) mass is 577 g/mol. The Morgan fingerprint density at radius 2 is 1.81 bits per heavy atom. The van der Waals surface area contributed by atoms with Gasteiger partial charge >= 0.3 is 12.3 Å². The minimum atomic E-state index is -4.51. The van der Waals surface area contributed by atoms with E-state index in [2.05, 4.69) is 30.8 Å². The highest BCUT2D eigenvalue weighted by atomic mass is 19.4. The second-order valence-electron chi connectivity index (χ2n) is 9.77. The number of nitrogens with one attached hydrogen (secondary N) is 2. The normalized spacial score (nSPS) is 14.0. The van der Waals surface area contributed by atoms with Gasteiger partial charge in [-0.15, -0.1) is 10.2 Å². The summed E-state index contributed by atoms with van der Waals surface area (Å²) in [6, 6.07) is 18.2. The first-order valence-corrected chi connectivity index (χ1v) is 13.6. The first-order chi connectivity index (χ1) is 20.3. The fourth-order valence-corrected chi connectivity index (χ4v) is 4.75. The molecule has 1 saturated heterocycles. The van der Waals surface area contributed by atoms with Crippen molar-refractivity contribution >= 4 is 17.9 Å². The molecular formula is C30H30F3N7O2. The van der Waals surface area contributed by atoms with Crippen LogP contribution in [0.25, 0.3) is 22.5 Å². The lowest BCUT2D eigenvalue weighted by Gasteiger charge is -2.32. The minimum absolute atomic E-state index is 0.0303. The second kappa shape index (κ2) is 12.8. The van der Waals surface area contributed by atoms with Gasteiger partial charge in [-0.1, -0.05) is 42.5 Å². The average molecular weight is 578 g/mol. The molecule has 2 aromatic heterocycles. The van der Waals surface area contributed by atoms with Gasteiger partial charge in [-0.25, -0.2) is 14.8 Å². The van der Waals surface area contributed by atoms with Gasteiger partial charge in [0.25, 0.3) is 0 Å². The van der Waals surface area contributed by atoms with Crippen LogP contribution >= 0.6 is 0 Å². The molecule has 42 heavy (non-hydrogen) atoms. The van der Waals surface area contributed by atoms with Crippen molar-refractivity contribution in [2.45, 2.75) is 38.5 Å². The van der Waals surface area contributed by atoms with E-state index in [4.69, 9.17) is 4.74 Å². The summed E-state index contributed by atoms with van der Waals surface area (Å²) in [5.41, 5.74) is 1.83. The number of amides is 1. The van der Waals surface area contributed by atoms with Crippen molar-refractivity contribution in [3.05, 3.63) is 84.1 Å². The SMILES string of the molecule is CCOC(=O)NC1CCN(c2cc(-c3ccnc(NCc4ccccc4)n3)c(-c3cccc(C(F)(F)F)c3)nn2)CC1. The molecule has 0 aliphatic carbocycles. The summed E-state index contributed by atoms with van der Waals surface area (Å²) in [5.74, 6) is 0.934. The number of rotatable bonds is 8. The van der Waals surface area contributed by atoms with Crippen molar-refractivity contribution < 1.29 is 22.7 Å². The number of nitrogens with zero attached hydrogens (tertiary/aromatic N) is 5. The Kier molecular flexibility index (Phi) is 8.80. The lowest BCUT2D eigenvalue weighted by molar-refractivity contribution is -0.137. The van der Waals surface area contributed by atoms with E-state index in [0.717, 1.165) is 17.7 Å². The number of ether oxygens (including phenoxy) is 1. The minimum Gasteiger partial charge on any atom is -0.450 e. The highest BCUT2D eigenvalue weighted by Crippen LogP contribution is 2.36. The second-order valence-corrected chi connectivity index (χ2v) is 9.77. The van der Waals surface area contributed by atoms with E-state index in [-0.39, 0.29) is 17.3 Å². The Bertz CT molecular complexity index is 1510. The van der Waals surface area contributed by atoms with Gasteiger partial charge in [0.05, 0.1) is 17.9 Å². The number of carbonyl (C=O) groups excluding carboxylic acids is 1. The number of anilines is 2. The maximum Gasteiger partial charge on any atom is 0.416 e. The van der Waals surface area contributed by atoms with Crippen LogP contribution in [-0.2, 0) is 17.5 Å². The summed E-state index contributed by atoms with van der Waals surface area (Å²) in [7, 11) is 0. The van der Waals surface area contributed by atoms with Gasteiger partial charge < -0.3 is 20.3 Å². The Morgan fingerprint density at radius 3 is 2.55 bits per heavy atom. The molecule has 0 atom stereocenters. The maximum absolute atomic E-state index is 13.5. The van der Waals surface area contributed by atoms with E-state index in [0.29, 0.717) is 62.1 Å². The summed E-state index contributed by atoms with van der Waals surface area (Å²) in [6.07, 6.45) is -2.00. The van der Waals surface area contributed by atoms with Crippen molar-refractivity contribution in [2.75, 3.05) is 29.9 Å². The number of hydrogen-bond acceptors (Lipinski definition) is 8. The fraction of sp³-hybridized carbons (Fsp3) is 0.300. The topological polar surface area (TPSA) is 105 Å². The highest BCUT2D eigenvalue weighted by Gasteiger charge is 2.31. The van der Waals surface area contributed by atoms with E-state index in [1.165, 1.54) is 6.07 Å². The van der Waals surface area contributed by atoms with Crippen LogP contribution in [0, 0.1) is 0 Å². The predicted octanol–water partition coefficient (Wildman–Crippen LogP) is 5.95. The Balaban J connectivity index is 1.45.